The Labute approximate surface area is 91.2 Å². The average Bonchev–Trinajstić information content (AvgIpc) is 2.83. The van der Waals surface area contributed by atoms with Crippen molar-refractivity contribution in [3.8, 4) is 5.69 Å². The quantitative estimate of drug-likeness (QED) is 0.382. The molecule has 0 saturated carbocycles. The lowest BCUT2D eigenvalue weighted by atomic mass is 10.3. The standard InChI is InChI=1S/C9H10N6O/c10-14-9(16)13-7-1-3-8(4-2-7)15-11-5-6-12-15/h1-6H,10H2,(H2,13,14,16). The van der Waals surface area contributed by atoms with Gasteiger partial charge in [-0.3, -0.25) is 5.43 Å². The minimum absolute atomic E-state index is 0.468. The van der Waals surface area contributed by atoms with Crippen LogP contribution >= 0.6 is 0 Å². The predicted molar refractivity (Wildman–Crippen MR) is 57.7 cm³/mol. The van der Waals surface area contributed by atoms with E-state index in [9.17, 15) is 4.79 Å². The van der Waals surface area contributed by atoms with Crippen LogP contribution in [0.25, 0.3) is 5.69 Å². The molecule has 0 fully saturated rings. The van der Waals surface area contributed by atoms with Gasteiger partial charge in [0.1, 0.15) is 0 Å². The highest BCUT2D eigenvalue weighted by Gasteiger charge is 2.00. The number of urea groups is 1. The van der Waals surface area contributed by atoms with E-state index in [-0.39, 0.29) is 0 Å². The summed E-state index contributed by atoms with van der Waals surface area (Å²) in [5, 5.41) is 10.5. The van der Waals surface area contributed by atoms with Gasteiger partial charge in [0, 0.05) is 5.69 Å². The van der Waals surface area contributed by atoms with Gasteiger partial charge in [0.25, 0.3) is 0 Å². The fraction of sp³-hybridized carbons (Fsp3) is 0. The first-order chi connectivity index (χ1) is 7.79. The van der Waals surface area contributed by atoms with Crippen LogP contribution < -0.4 is 16.6 Å². The van der Waals surface area contributed by atoms with Crippen molar-refractivity contribution in [2.45, 2.75) is 0 Å². The fourth-order valence-electron chi connectivity index (χ4n) is 1.19. The van der Waals surface area contributed by atoms with Crippen LogP contribution in [0.15, 0.2) is 36.7 Å². The van der Waals surface area contributed by atoms with Crippen molar-refractivity contribution in [2.24, 2.45) is 5.84 Å². The smallest absolute Gasteiger partial charge is 0.307 e. The maximum Gasteiger partial charge on any atom is 0.333 e. The molecular weight excluding hydrogens is 208 g/mol. The molecule has 0 atom stereocenters. The highest BCUT2D eigenvalue weighted by molar-refractivity contribution is 5.88. The molecule has 2 rings (SSSR count). The van der Waals surface area contributed by atoms with E-state index in [0.29, 0.717) is 5.69 Å². The van der Waals surface area contributed by atoms with Gasteiger partial charge in [-0.15, -0.1) is 0 Å². The minimum atomic E-state index is -0.468. The number of hydrogen-bond acceptors (Lipinski definition) is 4. The Morgan fingerprint density at radius 2 is 1.81 bits per heavy atom. The number of anilines is 1. The van der Waals surface area contributed by atoms with Crippen molar-refractivity contribution in [1.82, 2.24) is 20.4 Å². The van der Waals surface area contributed by atoms with Gasteiger partial charge in [-0.2, -0.15) is 15.0 Å². The number of hydrogen-bond donors (Lipinski definition) is 3. The Balaban J connectivity index is 2.14. The van der Waals surface area contributed by atoms with Crippen molar-refractivity contribution in [3.63, 3.8) is 0 Å². The van der Waals surface area contributed by atoms with Crippen molar-refractivity contribution in [2.75, 3.05) is 5.32 Å². The fourth-order valence-corrected chi connectivity index (χ4v) is 1.19. The lowest BCUT2D eigenvalue weighted by molar-refractivity contribution is 0.252. The molecule has 82 valence electrons. The van der Waals surface area contributed by atoms with Crippen molar-refractivity contribution >= 4 is 11.7 Å². The van der Waals surface area contributed by atoms with Gasteiger partial charge in [-0.1, -0.05) is 0 Å². The first kappa shape index (κ1) is 10.1. The van der Waals surface area contributed by atoms with Gasteiger partial charge < -0.3 is 5.32 Å². The van der Waals surface area contributed by atoms with E-state index in [0.717, 1.165) is 5.69 Å². The molecule has 0 aliphatic heterocycles. The lowest BCUT2D eigenvalue weighted by Gasteiger charge is -2.04. The first-order valence-corrected chi connectivity index (χ1v) is 4.54. The normalized spacial score (nSPS) is 9.81. The number of nitrogens with zero attached hydrogens (tertiary/aromatic N) is 3. The Hall–Kier alpha value is -2.41. The minimum Gasteiger partial charge on any atom is -0.307 e. The number of carbonyl (C=O) groups excluding carboxylic acids is 1. The molecular formula is C9H10N6O. The zero-order valence-electron chi connectivity index (χ0n) is 8.29. The second-order valence-corrected chi connectivity index (χ2v) is 2.96. The molecule has 0 aliphatic rings. The maximum atomic E-state index is 10.9. The van der Waals surface area contributed by atoms with Gasteiger partial charge in [-0.05, 0) is 24.3 Å². The summed E-state index contributed by atoms with van der Waals surface area (Å²) in [6.07, 6.45) is 3.18. The number of rotatable bonds is 2. The molecule has 7 heteroatoms. The number of carbonyl (C=O) groups is 1. The summed E-state index contributed by atoms with van der Waals surface area (Å²) < 4.78 is 0. The number of hydrazine groups is 1. The second kappa shape index (κ2) is 4.41. The van der Waals surface area contributed by atoms with Crippen LogP contribution in [0.2, 0.25) is 0 Å². The summed E-state index contributed by atoms with van der Waals surface area (Å²) >= 11 is 0. The molecule has 1 aromatic heterocycles. The van der Waals surface area contributed by atoms with Crippen LogP contribution in [0, 0.1) is 0 Å². The first-order valence-electron chi connectivity index (χ1n) is 4.54. The van der Waals surface area contributed by atoms with Crippen LogP contribution in [0.5, 0.6) is 0 Å². The molecule has 1 aromatic carbocycles. The summed E-state index contributed by atoms with van der Waals surface area (Å²) in [6.45, 7) is 0. The van der Waals surface area contributed by atoms with E-state index in [2.05, 4.69) is 15.5 Å². The molecule has 0 aliphatic carbocycles. The summed E-state index contributed by atoms with van der Waals surface area (Å²) in [4.78, 5) is 12.4. The molecule has 0 bridgehead atoms. The van der Waals surface area contributed by atoms with E-state index < -0.39 is 6.03 Å². The Morgan fingerprint density at radius 3 is 2.38 bits per heavy atom. The van der Waals surface area contributed by atoms with Crippen LogP contribution in [0.4, 0.5) is 10.5 Å². The van der Waals surface area contributed by atoms with Crippen molar-refractivity contribution in [3.05, 3.63) is 36.7 Å². The summed E-state index contributed by atoms with van der Waals surface area (Å²) in [5.74, 6) is 4.94. The molecule has 0 spiro atoms. The van der Waals surface area contributed by atoms with E-state index >= 15 is 0 Å². The third-order valence-corrected chi connectivity index (χ3v) is 1.91. The van der Waals surface area contributed by atoms with Crippen LogP contribution in [-0.4, -0.2) is 21.0 Å². The Kier molecular flexibility index (Phi) is 2.79. The predicted octanol–water partition coefficient (Wildman–Crippen LogP) is 0.262. The maximum absolute atomic E-state index is 10.9. The number of amides is 2. The highest BCUT2D eigenvalue weighted by atomic mass is 16.2. The number of benzene rings is 1. The van der Waals surface area contributed by atoms with Crippen molar-refractivity contribution < 1.29 is 4.79 Å². The molecule has 2 amide bonds. The van der Waals surface area contributed by atoms with Gasteiger partial charge >= 0.3 is 6.03 Å². The molecule has 0 radical (unpaired) electrons. The molecule has 0 saturated heterocycles. The molecule has 2 aromatic rings. The van der Waals surface area contributed by atoms with E-state index in [1.54, 1.807) is 36.7 Å². The van der Waals surface area contributed by atoms with Gasteiger partial charge in [0.15, 0.2) is 0 Å². The van der Waals surface area contributed by atoms with E-state index in [1.807, 2.05) is 5.43 Å². The Bertz CT molecular complexity index is 463. The molecule has 1 heterocycles. The summed E-state index contributed by atoms with van der Waals surface area (Å²) in [5.41, 5.74) is 3.42. The third-order valence-electron chi connectivity index (χ3n) is 1.91. The van der Waals surface area contributed by atoms with Gasteiger partial charge in [0.05, 0.1) is 18.1 Å². The molecule has 16 heavy (non-hydrogen) atoms. The number of aromatic nitrogens is 3. The zero-order chi connectivity index (χ0) is 11.4. The van der Waals surface area contributed by atoms with E-state index in [1.165, 1.54) is 4.80 Å². The third kappa shape index (κ3) is 2.15. The molecule has 0 unspecified atom stereocenters. The zero-order valence-corrected chi connectivity index (χ0v) is 8.29. The molecule has 7 nitrogen and oxygen atoms in total. The molecule has 4 N–H and O–H groups in total. The SMILES string of the molecule is NNC(=O)Nc1ccc(-n2nccn2)cc1. The van der Waals surface area contributed by atoms with Crippen LogP contribution in [0.3, 0.4) is 0 Å². The number of nitrogens with one attached hydrogen (secondary N) is 2. The van der Waals surface area contributed by atoms with Gasteiger partial charge in [-0.25, -0.2) is 10.6 Å². The number of nitrogens with two attached hydrogens (primary N) is 1. The second-order valence-electron chi connectivity index (χ2n) is 2.96. The van der Waals surface area contributed by atoms with Gasteiger partial charge in [0.2, 0.25) is 0 Å². The lowest BCUT2D eigenvalue weighted by Crippen LogP contribution is -2.34. The average molecular weight is 218 g/mol. The largest absolute Gasteiger partial charge is 0.333 e. The summed E-state index contributed by atoms with van der Waals surface area (Å²) in [7, 11) is 0. The van der Waals surface area contributed by atoms with Crippen LogP contribution in [-0.2, 0) is 0 Å². The topological polar surface area (TPSA) is 97.9 Å². The Morgan fingerprint density at radius 1 is 1.19 bits per heavy atom. The van der Waals surface area contributed by atoms with Crippen molar-refractivity contribution in [1.29, 1.82) is 0 Å². The highest BCUT2D eigenvalue weighted by Crippen LogP contribution is 2.11. The monoisotopic (exact) mass is 218 g/mol. The summed E-state index contributed by atoms with van der Waals surface area (Å²) in [6, 6.07) is 6.56. The van der Waals surface area contributed by atoms with Crippen LogP contribution in [0.1, 0.15) is 0 Å². The van der Waals surface area contributed by atoms with E-state index in [4.69, 9.17) is 5.84 Å².